The third-order valence-corrected chi connectivity index (χ3v) is 3.91. The van der Waals surface area contributed by atoms with Crippen molar-refractivity contribution in [1.29, 1.82) is 0 Å². The quantitative estimate of drug-likeness (QED) is 0.866. The number of benzene rings is 1. The van der Waals surface area contributed by atoms with Crippen molar-refractivity contribution in [2.45, 2.75) is 26.3 Å². The summed E-state index contributed by atoms with van der Waals surface area (Å²) in [4.78, 5) is 2.38. The van der Waals surface area contributed by atoms with Crippen LogP contribution in [0, 0.1) is 5.92 Å². The second-order valence-corrected chi connectivity index (χ2v) is 5.93. The fraction of sp³-hybridized carbons (Fsp3) is 0.467. The number of rotatable bonds is 3. The van der Waals surface area contributed by atoms with Crippen LogP contribution in [0.15, 0.2) is 28.7 Å². The van der Waals surface area contributed by atoms with Gasteiger partial charge in [-0.2, -0.15) is 0 Å². The number of nitrogens with zero attached hydrogens (tertiary/aromatic N) is 3. The van der Waals surface area contributed by atoms with E-state index < -0.39 is 0 Å². The Bertz CT molecular complexity index is 567. The summed E-state index contributed by atoms with van der Waals surface area (Å²) in [6, 6.07) is 7.44. The predicted octanol–water partition coefficient (Wildman–Crippen LogP) is 3.62. The molecule has 106 valence electrons. The zero-order chi connectivity index (χ0) is 13.9. The van der Waals surface area contributed by atoms with Crippen molar-refractivity contribution in [3.8, 4) is 11.5 Å². The van der Waals surface area contributed by atoms with E-state index in [4.69, 9.17) is 16.0 Å². The maximum atomic E-state index is 5.87. The SMILES string of the molecule is CC1CCCN(Cc2nnc(-c3ccc(Cl)cc3)o2)C1. The Morgan fingerprint density at radius 1 is 1.30 bits per heavy atom. The van der Waals surface area contributed by atoms with Gasteiger partial charge in [0.15, 0.2) is 0 Å². The molecule has 1 aliphatic rings. The number of hydrogen-bond donors (Lipinski definition) is 0. The molecule has 1 aromatic heterocycles. The van der Waals surface area contributed by atoms with Gasteiger partial charge in [-0.05, 0) is 49.6 Å². The fourth-order valence-corrected chi connectivity index (χ4v) is 2.77. The lowest BCUT2D eigenvalue weighted by Gasteiger charge is -2.29. The minimum Gasteiger partial charge on any atom is -0.419 e. The van der Waals surface area contributed by atoms with E-state index in [9.17, 15) is 0 Å². The normalized spacial score (nSPS) is 20.2. The Kier molecular flexibility index (Phi) is 4.03. The van der Waals surface area contributed by atoms with Crippen LogP contribution in [-0.2, 0) is 6.54 Å². The Morgan fingerprint density at radius 3 is 2.85 bits per heavy atom. The number of aromatic nitrogens is 2. The second kappa shape index (κ2) is 5.94. The highest BCUT2D eigenvalue weighted by molar-refractivity contribution is 6.30. The number of likely N-dealkylation sites (tertiary alicyclic amines) is 1. The molecule has 0 amide bonds. The summed E-state index contributed by atoms with van der Waals surface area (Å²) in [6.07, 6.45) is 2.57. The summed E-state index contributed by atoms with van der Waals surface area (Å²) in [5.41, 5.74) is 0.903. The van der Waals surface area contributed by atoms with Crippen LogP contribution in [0.1, 0.15) is 25.7 Å². The Hall–Kier alpha value is -1.39. The van der Waals surface area contributed by atoms with E-state index >= 15 is 0 Å². The van der Waals surface area contributed by atoms with E-state index in [2.05, 4.69) is 22.0 Å². The molecule has 1 saturated heterocycles. The Labute approximate surface area is 123 Å². The average Bonchev–Trinajstić information content (AvgIpc) is 2.88. The molecule has 1 unspecified atom stereocenters. The van der Waals surface area contributed by atoms with Crippen LogP contribution in [0.4, 0.5) is 0 Å². The van der Waals surface area contributed by atoms with Crippen LogP contribution in [-0.4, -0.2) is 28.2 Å². The first kappa shape index (κ1) is 13.6. The summed E-state index contributed by atoms with van der Waals surface area (Å²) < 4.78 is 5.74. The smallest absolute Gasteiger partial charge is 0.247 e. The molecule has 0 N–H and O–H groups in total. The lowest BCUT2D eigenvalue weighted by molar-refractivity contribution is 0.163. The van der Waals surface area contributed by atoms with E-state index in [1.165, 1.54) is 12.8 Å². The molecule has 4 nitrogen and oxygen atoms in total. The van der Waals surface area contributed by atoms with Gasteiger partial charge in [0.1, 0.15) is 0 Å². The fourth-order valence-electron chi connectivity index (χ4n) is 2.65. The van der Waals surface area contributed by atoms with Gasteiger partial charge in [-0.3, -0.25) is 4.90 Å². The van der Waals surface area contributed by atoms with Crippen LogP contribution in [0.5, 0.6) is 0 Å². The third kappa shape index (κ3) is 3.19. The number of halogens is 1. The largest absolute Gasteiger partial charge is 0.419 e. The van der Waals surface area contributed by atoms with Crippen molar-refractivity contribution in [2.75, 3.05) is 13.1 Å². The minimum absolute atomic E-state index is 0.557. The molecule has 0 bridgehead atoms. The first-order valence-corrected chi connectivity index (χ1v) is 7.39. The van der Waals surface area contributed by atoms with Gasteiger partial charge in [0.2, 0.25) is 11.8 Å². The van der Waals surface area contributed by atoms with E-state index in [1.54, 1.807) is 0 Å². The highest BCUT2D eigenvalue weighted by Crippen LogP contribution is 2.22. The van der Waals surface area contributed by atoms with Gasteiger partial charge in [0.05, 0.1) is 6.54 Å². The van der Waals surface area contributed by atoms with Gasteiger partial charge in [-0.25, -0.2) is 0 Å². The number of piperidine rings is 1. The van der Waals surface area contributed by atoms with Crippen molar-refractivity contribution >= 4 is 11.6 Å². The molecule has 0 radical (unpaired) electrons. The molecule has 2 aromatic rings. The first-order chi connectivity index (χ1) is 9.70. The van der Waals surface area contributed by atoms with Crippen LogP contribution in [0.2, 0.25) is 5.02 Å². The summed E-state index contributed by atoms with van der Waals surface area (Å²) in [7, 11) is 0. The molecule has 3 rings (SSSR count). The summed E-state index contributed by atoms with van der Waals surface area (Å²) in [6.45, 7) is 5.26. The Morgan fingerprint density at radius 2 is 2.10 bits per heavy atom. The molecular weight excluding hydrogens is 274 g/mol. The maximum Gasteiger partial charge on any atom is 0.247 e. The molecule has 0 spiro atoms. The molecule has 1 atom stereocenters. The summed E-state index contributed by atoms with van der Waals surface area (Å²) in [5.74, 6) is 1.99. The maximum absolute atomic E-state index is 5.87. The molecule has 1 aliphatic heterocycles. The molecule has 5 heteroatoms. The first-order valence-electron chi connectivity index (χ1n) is 7.01. The molecule has 2 heterocycles. The molecule has 20 heavy (non-hydrogen) atoms. The van der Waals surface area contributed by atoms with Crippen LogP contribution in [0.3, 0.4) is 0 Å². The van der Waals surface area contributed by atoms with Gasteiger partial charge < -0.3 is 4.42 Å². The number of hydrogen-bond acceptors (Lipinski definition) is 4. The second-order valence-electron chi connectivity index (χ2n) is 5.49. The van der Waals surface area contributed by atoms with E-state index in [0.29, 0.717) is 16.8 Å². The van der Waals surface area contributed by atoms with E-state index in [-0.39, 0.29) is 0 Å². The van der Waals surface area contributed by atoms with Crippen LogP contribution < -0.4 is 0 Å². The van der Waals surface area contributed by atoms with Gasteiger partial charge in [-0.1, -0.05) is 18.5 Å². The molecule has 0 aliphatic carbocycles. The van der Waals surface area contributed by atoms with E-state index in [1.807, 2.05) is 24.3 Å². The van der Waals surface area contributed by atoms with Crippen LogP contribution in [0.25, 0.3) is 11.5 Å². The molecular formula is C15H18ClN3O. The zero-order valence-corrected chi connectivity index (χ0v) is 12.3. The van der Waals surface area contributed by atoms with Gasteiger partial charge >= 0.3 is 0 Å². The molecule has 1 aromatic carbocycles. The highest BCUT2D eigenvalue weighted by Gasteiger charge is 2.18. The standard InChI is InChI=1S/C15H18ClN3O/c1-11-3-2-8-19(9-11)10-14-17-18-15(20-14)12-4-6-13(16)7-5-12/h4-7,11H,2-3,8-10H2,1H3. The Balaban J connectivity index is 1.69. The molecule has 0 saturated carbocycles. The van der Waals surface area contributed by atoms with Gasteiger partial charge in [0, 0.05) is 17.1 Å². The highest BCUT2D eigenvalue weighted by atomic mass is 35.5. The average molecular weight is 292 g/mol. The van der Waals surface area contributed by atoms with Crippen molar-refractivity contribution in [3.05, 3.63) is 35.2 Å². The van der Waals surface area contributed by atoms with Crippen molar-refractivity contribution in [3.63, 3.8) is 0 Å². The van der Waals surface area contributed by atoms with E-state index in [0.717, 1.165) is 31.1 Å². The van der Waals surface area contributed by atoms with Gasteiger partial charge in [0.25, 0.3) is 0 Å². The van der Waals surface area contributed by atoms with Crippen molar-refractivity contribution < 1.29 is 4.42 Å². The van der Waals surface area contributed by atoms with Crippen LogP contribution >= 0.6 is 11.6 Å². The zero-order valence-electron chi connectivity index (χ0n) is 11.6. The van der Waals surface area contributed by atoms with Crippen molar-refractivity contribution in [1.82, 2.24) is 15.1 Å². The predicted molar refractivity (Wildman–Crippen MR) is 78.4 cm³/mol. The lowest BCUT2D eigenvalue weighted by Crippen LogP contribution is -2.33. The van der Waals surface area contributed by atoms with Crippen molar-refractivity contribution in [2.24, 2.45) is 5.92 Å². The third-order valence-electron chi connectivity index (χ3n) is 3.66. The van der Waals surface area contributed by atoms with Gasteiger partial charge in [-0.15, -0.1) is 10.2 Å². The summed E-state index contributed by atoms with van der Waals surface area (Å²) >= 11 is 5.87. The summed E-state index contributed by atoms with van der Waals surface area (Å²) in [5, 5.41) is 8.96. The topological polar surface area (TPSA) is 42.2 Å². The minimum atomic E-state index is 0.557. The lowest BCUT2D eigenvalue weighted by atomic mass is 10.0. The molecule has 1 fully saturated rings. The monoisotopic (exact) mass is 291 g/mol.